The van der Waals surface area contributed by atoms with Crippen LogP contribution in [0.15, 0.2) is 12.2 Å². The average molecular weight is 337 g/mol. The fourth-order valence-electron chi connectivity index (χ4n) is 3.19. The first-order valence-electron chi connectivity index (χ1n) is 8.90. The molecule has 134 valence electrons. The summed E-state index contributed by atoms with van der Waals surface area (Å²) < 4.78 is 10.7. The lowest BCUT2D eigenvalue weighted by Gasteiger charge is -2.27. The molecule has 0 radical (unpaired) electrons. The summed E-state index contributed by atoms with van der Waals surface area (Å²) in [6.07, 6.45) is 6.84. The molecule has 0 aromatic carbocycles. The van der Waals surface area contributed by atoms with Gasteiger partial charge >= 0.3 is 12.2 Å². The number of nitrogens with zero attached hydrogens (tertiary/aromatic N) is 1. The van der Waals surface area contributed by atoms with Gasteiger partial charge in [-0.15, -0.1) is 4.90 Å². The van der Waals surface area contributed by atoms with Crippen molar-refractivity contribution in [2.24, 2.45) is 0 Å². The highest BCUT2D eigenvalue weighted by molar-refractivity contribution is 6.12. The highest BCUT2D eigenvalue weighted by Crippen LogP contribution is 2.23. The van der Waals surface area contributed by atoms with Crippen LogP contribution in [0.1, 0.15) is 71.1 Å². The van der Waals surface area contributed by atoms with Gasteiger partial charge < -0.3 is 9.47 Å². The minimum atomic E-state index is -0.948. The van der Waals surface area contributed by atoms with Crippen LogP contribution in [0.3, 0.4) is 0 Å². The molecule has 0 N–H and O–H groups in total. The van der Waals surface area contributed by atoms with Crippen LogP contribution in [0.4, 0.5) is 9.59 Å². The van der Waals surface area contributed by atoms with Crippen molar-refractivity contribution in [3.05, 3.63) is 12.2 Å². The van der Waals surface area contributed by atoms with Gasteiger partial charge in [0, 0.05) is 5.57 Å². The van der Waals surface area contributed by atoms with E-state index in [1.807, 2.05) is 0 Å². The lowest BCUT2D eigenvalue weighted by Crippen LogP contribution is -2.45. The predicted octanol–water partition coefficient (Wildman–Crippen LogP) is 4.33. The van der Waals surface area contributed by atoms with Crippen molar-refractivity contribution >= 4 is 18.1 Å². The minimum absolute atomic E-state index is 0.0937. The smallest absolute Gasteiger partial charge is 0.426 e. The number of rotatable bonds is 3. The van der Waals surface area contributed by atoms with Crippen LogP contribution in [-0.2, 0) is 14.3 Å². The van der Waals surface area contributed by atoms with Crippen molar-refractivity contribution in [2.75, 3.05) is 0 Å². The minimum Gasteiger partial charge on any atom is -0.445 e. The van der Waals surface area contributed by atoms with Crippen molar-refractivity contribution < 1.29 is 23.9 Å². The molecular weight excluding hydrogens is 310 g/mol. The molecule has 0 spiro atoms. The third-order valence-corrected chi connectivity index (χ3v) is 4.57. The van der Waals surface area contributed by atoms with Crippen LogP contribution in [0, 0.1) is 0 Å². The molecule has 2 saturated carbocycles. The number of carbonyl (C=O) groups excluding carboxylic acids is 3. The Morgan fingerprint density at radius 1 is 0.792 bits per heavy atom. The largest absolute Gasteiger partial charge is 0.445 e. The standard InChI is InChI=1S/C18H27NO5/c1-13(2)16(20)19(17(21)23-14-9-5-3-6-10-14)18(22)24-15-11-7-4-8-12-15/h14-15H,1,3-12H2,2H3. The number of amides is 3. The van der Waals surface area contributed by atoms with Crippen molar-refractivity contribution in [2.45, 2.75) is 83.3 Å². The van der Waals surface area contributed by atoms with Gasteiger partial charge in [0.2, 0.25) is 0 Å². The Labute approximate surface area is 143 Å². The van der Waals surface area contributed by atoms with Crippen molar-refractivity contribution in [1.82, 2.24) is 4.90 Å². The summed E-state index contributed by atoms with van der Waals surface area (Å²) in [5.41, 5.74) is 0.0937. The van der Waals surface area contributed by atoms with E-state index in [2.05, 4.69) is 6.58 Å². The lowest BCUT2D eigenvalue weighted by molar-refractivity contribution is -0.125. The fourth-order valence-corrected chi connectivity index (χ4v) is 3.19. The molecule has 24 heavy (non-hydrogen) atoms. The van der Waals surface area contributed by atoms with E-state index in [0.29, 0.717) is 4.90 Å². The molecule has 0 heterocycles. The maximum atomic E-state index is 12.4. The summed E-state index contributed by atoms with van der Waals surface area (Å²) in [6.45, 7) is 4.98. The summed E-state index contributed by atoms with van der Waals surface area (Å²) in [4.78, 5) is 37.5. The normalized spacial score (nSPS) is 19.4. The molecule has 3 amide bonds. The van der Waals surface area contributed by atoms with Crippen LogP contribution in [0.5, 0.6) is 0 Å². The van der Waals surface area contributed by atoms with E-state index in [1.165, 1.54) is 6.92 Å². The van der Waals surface area contributed by atoms with Crippen LogP contribution >= 0.6 is 0 Å². The molecule has 2 aliphatic rings. The van der Waals surface area contributed by atoms with Gasteiger partial charge in [0.25, 0.3) is 5.91 Å². The Balaban J connectivity index is 2.02. The second-order valence-electron chi connectivity index (χ2n) is 6.71. The number of hydrogen-bond donors (Lipinski definition) is 0. The number of carbonyl (C=O) groups is 3. The topological polar surface area (TPSA) is 72.9 Å². The lowest BCUT2D eigenvalue weighted by atomic mass is 9.98. The summed E-state index contributed by atoms with van der Waals surface area (Å²) in [5, 5.41) is 0. The van der Waals surface area contributed by atoms with Crippen molar-refractivity contribution in [3.63, 3.8) is 0 Å². The Morgan fingerprint density at radius 2 is 1.17 bits per heavy atom. The van der Waals surface area contributed by atoms with Crippen LogP contribution in [0.25, 0.3) is 0 Å². The van der Waals surface area contributed by atoms with Gasteiger partial charge in [-0.05, 0) is 58.3 Å². The highest BCUT2D eigenvalue weighted by Gasteiger charge is 2.35. The van der Waals surface area contributed by atoms with Gasteiger partial charge in [-0.25, -0.2) is 9.59 Å². The average Bonchev–Trinajstić information content (AvgIpc) is 2.56. The first kappa shape index (κ1) is 18.5. The second-order valence-corrected chi connectivity index (χ2v) is 6.71. The molecule has 0 unspecified atom stereocenters. The Hall–Kier alpha value is -1.85. The van der Waals surface area contributed by atoms with Crippen LogP contribution in [-0.4, -0.2) is 35.2 Å². The molecule has 2 rings (SSSR count). The zero-order valence-corrected chi connectivity index (χ0v) is 14.4. The summed E-state index contributed by atoms with van der Waals surface area (Å²) in [7, 11) is 0. The molecule has 2 fully saturated rings. The quantitative estimate of drug-likeness (QED) is 0.717. The van der Waals surface area contributed by atoms with E-state index in [-0.39, 0.29) is 17.8 Å². The first-order chi connectivity index (χ1) is 11.5. The SMILES string of the molecule is C=C(C)C(=O)N(C(=O)OC1CCCCC1)C(=O)OC1CCCCC1. The van der Waals surface area contributed by atoms with E-state index >= 15 is 0 Å². The van der Waals surface area contributed by atoms with Gasteiger partial charge in [-0.1, -0.05) is 19.4 Å². The number of imide groups is 3. The molecular formula is C18H27NO5. The molecule has 0 atom stereocenters. The van der Waals surface area contributed by atoms with E-state index in [1.54, 1.807) is 0 Å². The molecule has 6 heteroatoms. The molecule has 0 saturated heterocycles. The van der Waals surface area contributed by atoms with Crippen LogP contribution in [0.2, 0.25) is 0 Å². The number of ether oxygens (including phenoxy) is 2. The summed E-state index contributed by atoms with van der Waals surface area (Å²) in [6, 6.07) is 0. The maximum Gasteiger partial charge on any atom is 0.426 e. The Bertz CT molecular complexity index is 458. The highest BCUT2D eigenvalue weighted by atomic mass is 16.6. The molecule has 2 aliphatic carbocycles. The molecule has 0 aromatic rings. The summed E-state index contributed by atoms with van der Waals surface area (Å²) in [5.74, 6) is -0.767. The second kappa shape index (κ2) is 8.85. The van der Waals surface area contributed by atoms with Gasteiger partial charge in [-0.3, -0.25) is 4.79 Å². The van der Waals surface area contributed by atoms with E-state index < -0.39 is 18.1 Å². The number of hydrogen-bond acceptors (Lipinski definition) is 5. The Kier molecular flexibility index (Phi) is 6.82. The van der Waals surface area contributed by atoms with Gasteiger partial charge in [-0.2, -0.15) is 0 Å². The maximum absolute atomic E-state index is 12.4. The Morgan fingerprint density at radius 3 is 1.50 bits per heavy atom. The predicted molar refractivity (Wildman–Crippen MR) is 88.4 cm³/mol. The van der Waals surface area contributed by atoms with Gasteiger partial charge in [0.1, 0.15) is 12.2 Å². The van der Waals surface area contributed by atoms with Crippen molar-refractivity contribution in [3.8, 4) is 0 Å². The van der Waals surface area contributed by atoms with Crippen LogP contribution < -0.4 is 0 Å². The monoisotopic (exact) mass is 337 g/mol. The van der Waals surface area contributed by atoms with E-state index in [0.717, 1.165) is 64.2 Å². The van der Waals surface area contributed by atoms with Gasteiger partial charge in [0.05, 0.1) is 0 Å². The molecule has 0 aromatic heterocycles. The van der Waals surface area contributed by atoms with Crippen molar-refractivity contribution in [1.29, 1.82) is 0 Å². The zero-order valence-electron chi connectivity index (χ0n) is 14.4. The third-order valence-electron chi connectivity index (χ3n) is 4.57. The van der Waals surface area contributed by atoms with Gasteiger partial charge in [0.15, 0.2) is 0 Å². The van der Waals surface area contributed by atoms with E-state index in [9.17, 15) is 14.4 Å². The van der Waals surface area contributed by atoms with E-state index in [4.69, 9.17) is 9.47 Å². The molecule has 0 bridgehead atoms. The summed E-state index contributed by atoms with van der Waals surface area (Å²) >= 11 is 0. The molecule has 6 nitrogen and oxygen atoms in total. The zero-order chi connectivity index (χ0) is 17.5. The first-order valence-corrected chi connectivity index (χ1v) is 8.90. The fraction of sp³-hybridized carbons (Fsp3) is 0.722. The molecule has 0 aliphatic heterocycles. The third kappa shape index (κ3) is 5.08.